The molecule has 0 saturated carbocycles. The van der Waals surface area contributed by atoms with E-state index in [2.05, 4.69) is 10.3 Å². The predicted molar refractivity (Wildman–Crippen MR) is 115 cm³/mol. The summed E-state index contributed by atoms with van der Waals surface area (Å²) in [6, 6.07) is 8.49. The molecule has 0 radical (unpaired) electrons. The second kappa shape index (κ2) is 9.53. The highest BCUT2D eigenvalue weighted by molar-refractivity contribution is 6.32. The van der Waals surface area contributed by atoms with E-state index in [1.54, 1.807) is 18.1 Å². The molecule has 0 aliphatic carbocycles. The van der Waals surface area contributed by atoms with Crippen LogP contribution in [0, 0.1) is 0 Å². The van der Waals surface area contributed by atoms with Gasteiger partial charge < -0.3 is 24.4 Å². The molecular formula is C22H24ClN3O5. The molecule has 1 atom stereocenters. The van der Waals surface area contributed by atoms with E-state index in [-0.39, 0.29) is 35.4 Å². The molecule has 0 bridgehead atoms. The summed E-state index contributed by atoms with van der Waals surface area (Å²) in [6.07, 6.45) is 3.21. The predicted octanol–water partition coefficient (Wildman–Crippen LogP) is 2.84. The van der Waals surface area contributed by atoms with Gasteiger partial charge in [0.05, 0.1) is 31.9 Å². The van der Waals surface area contributed by atoms with Gasteiger partial charge in [0.1, 0.15) is 16.9 Å². The first-order valence-corrected chi connectivity index (χ1v) is 10.6. The lowest BCUT2D eigenvalue weighted by atomic mass is 10.1. The maximum Gasteiger partial charge on any atom is 0.253 e. The summed E-state index contributed by atoms with van der Waals surface area (Å²) in [5.74, 6) is 0.583. The quantitative estimate of drug-likeness (QED) is 0.735. The molecule has 2 aliphatic rings. The van der Waals surface area contributed by atoms with Gasteiger partial charge in [-0.25, -0.2) is 4.98 Å². The van der Waals surface area contributed by atoms with Gasteiger partial charge >= 0.3 is 0 Å². The Morgan fingerprint density at radius 2 is 2.10 bits per heavy atom. The van der Waals surface area contributed by atoms with Gasteiger partial charge in [0.25, 0.3) is 5.91 Å². The zero-order chi connectivity index (χ0) is 21.8. The Bertz CT molecular complexity index is 964. The molecule has 2 saturated heterocycles. The van der Waals surface area contributed by atoms with Crippen LogP contribution >= 0.6 is 11.6 Å². The van der Waals surface area contributed by atoms with E-state index in [9.17, 15) is 9.59 Å². The summed E-state index contributed by atoms with van der Waals surface area (Å²) in [4.78, 5) is 31.0. The fourth-order valence-corrected chi connectivity index (χ4v) is 3.90. The van der Waals surface area contributed by atoms with E-state index < -0.39 is 0 Å². The lowest BCUT2D eigenvalue weighted by Crippen LogP contribution is -2.37. The van der Waals surface area contributed by atoms with E-state index in [0.29, 0.717) is 37.0 Å². The van der Waals surface area contributed by atoms with Gasteiger partial charge in [-0.2, -0.15) is 0 Å². The van der Waals surface area contributed by atoms with Crippen molar-refractivity contribution in [1.29, 1.82) is 0 Å². The number of carbonyl (C=O) groups is 2. The number of amides is 2. The Hall–Kier alpha value is -2.84. The lowest BCUT2D eigenvalue weighted by molar-refractivity contribution is -0.117. The molecule has 2 amide bonds. The molecule has 1 unspecified atom stereocenters. The summed E-state index contributed by atoms with van der Waals surface area (Å²) in [6.45, 7) is 1.68. The molecule has 4 rings (SSSR count). The number of methoxy groups -OCH3 is 1. The fourth-order valence-electron chi connectivity index (χ4n) is 3.69. The number of anilines is 1. The van der Waals surface area contributed by atoms with Gasteiger partial charge in [-0.1, -0.05) is 17.7 Å². The van der Waals surface area contributed by atoms with E-state index in [4.69, 9.17) is 25.8 Å². The van der Waals surface area contributed by atoms with Crippen LogP contribution in [-0.2, 0) is 9.53 Å². The minimum absolute atomic E-state index is 0.00511. The highest BCUT2D eigenvalue weighted by Gasteiger charge is 2.32. The zero-order valence-electron chi connectivity index (χ0n) is 17.2. The topological polar surface area (TPSA) is 90.0 Å². The molecule has 8 nitrogen and oxygen atoms in total. The van der Waals surface area contributed by atoms with Crippen molar-refractivity contribution >= 4 is 29.1 Å². The van der Waals surface area contributed by atoms with Crippen molar-refractivity contribution in [3.8, 4) is 11.6 Å². The lowest BCUT2D eigenvalue weighted by Gasteiger charge is -2.23. The molecule has 3 heterocycles. The minimum atomic E-state index is -0.336. The second-order valence-corrected chi connectivity index (χ2v) is 7.93. The number of rotatable bonds is 6. The average molecular weight is 446 g/mol. The summed E-state index contributed by atoms with van der Waals surface area (Å²) in [7, 11) is 1.58. The van der Waals surface area contributed by atoms with Crippen molar-refractivity contribution in [1.82, 2.24) is 10.3 Å². The van der Waals surface area contributed by atoms with Gasteiger partial charge in [-0.05, 0) is 18.2 Å². The number of nitrogens with zero attached hydrogens (tertiary/aromatic N) is 2. The number of carbonyl (C=O) groups excluding carboxylic acids is 2. The number of nitrogens with one attached hydrogen (secondary N) is 1. The van der Waals surface area contributed by atoms with Crippen LogP contribution in [-0.4, -0.2) is 55.8 Å². The van der Waals surface area contributed by atoms with Gasteiger partial charge in [0, 0.05) is 43.8 Å². The van der Waals surface area contributed by atoms with E-state index in [1.165, 1.54) is 12.3 Å². The molecule has 2 aliphatic heterocycles. The van der Waals surface area contributed by atoms with Gasteiger partial charge in [-0.15, -0.1) is 0 Å². The molecule has 31 heavy (non-hydrogen) atoms. The third-order valence-electron chi connectivity index (χ3n) is 5.34. The Kier molecular flexibility index (Phi) is 6.58. The molecular weight excluding hydrogens is 422 g/mol. The fraction of sp³-hybridized carbons (Fsp3) is 0.409. The van der Waals surface area contributed by atoms with Crippen LogP contribution in [0.15, 0.2) is 36.5 Å². The number of halogens is 1. The van der Waals surface area contributed by atoms with Crippen molar-refractivity contribution in [2.75, 3.05) is 31.8 Å². The van der Waals surface area contributed by atoms with Crippen LogP contribution in [0.3, 0.4) is 0 Å². The Labute approximate surface area is 185 Å². The summed E-state index contributed by atoms with van der Waals surface area (Å²) < 4.78 is 16.4. The van der Waals surface area contributed by atoms with Crippen molar-refractivity contribution in [3.05, 3.63) is 47.1 Å². The van der Waals surface area contributed by atoms with Crippen LogP contribution in [0.5, 0.6) is 11.6 Å². The smallest absolute Gasteiger partial charge is 0.253 e. The zero-order valence-corrected chi connectivity index (χ0v) is 17.9. The summed E-state index contributed by atoms with van der Waals surface area (Å²) >= 11 is 6.29. The Balaban J connectivity index is 1.37. The van der Waals surface area contributed by atoms with E-state index in [0.717, 1.165) is 18.5 Å². The Morgan fingerprint density at radius 3 is 2.84 bits per heavy atom. The maximum absolute atomic E-state index is 12.7. The monoisotopic (exact) mass is 445 g/mol. The third-order valence-corrected chi connectivity index (χ3v) is 5.61. The Morgan fingerprint density at radius 1 is 1.29 bits per heavy atom. The first-order chi connectivity index (χ1) is 15.0. The normalized spacial score (nSPS) is 19.4. The van der Waals surface area contributed by atoms with Crippen molar-refractivity contribution in [2.24, 2.45) is 0 Å². The van der Waals surface area contributed by atoms with Gasteiger partial charge in [-0.3, -0.25) is 9.59 Å². The number of hydrogen-bond acceptors (Lipinski definition) is 6. The van der Waals surface area contributed by atoms with Crippen LogP contribution in [0.2, 0.25) is 5.02 Å². The van der Waals surface area contributed by atoms with Crippen LogP contribution < -0.4 is 19.7 Å². The molecule has 0 spiro atoms. The highest BCUT2D eigenvalue weighted by Crippen LogP contribution is 2.27. The molecule has 9 heteroatoms. The van der Waals surface area contributed by atoms with Crippen LogP contribution in [0.25, 0.3) is 0 Å². The molecule has 1 aromatic carbocycles. The van der Waals surface area contributed by atoms with Gasteiger partial charge in [0.15, 0.2) is 0 Å². The van der Waals surface area contributed by atoms with Gasteiger partial charge in [0.2, 0.25) is 11.8 Å². The number of aromatic nitrogens is 1. The summed E-state index contributed by atoms with van der Waals surface area (Å²) in [5.41, 5.74) is 1.05. The third kappa shape index (κ3) is 5.08. The van der Waals surface area contributed by atoms with Crippen molar-refractivity contribution < 1.29 is 23.8 Å². The number of benzene rings is 1. The minimum Gasteiger partial charge on any atom is -0.497 e. The number of ether oxygens (including phenoxy) is 3. The first kappa shape index (κ1) is 21.4. The standard InChI is InChI=1S/C22H24ClN3O5/c1-29-18-4-2-3-16(11-18)26-13-15(10-20(26)27)25-21(28)14-9-19(23)22(24-12-14)31-17-5-7-30-8-6-17/h2-4,9,11-12,15,17H,5-8,10,13H2,1H3,(H,25,28). The maximum atomic E-state index is 12.7. The van der Waals surface area contributed by atoms with Crippen molar-refractivity contribution in [2.45, 2.75) is 31.4 Å². The van der Waals surface area contributed by atoms with E-state index >= 15 is 0 Å². The molecule has 1 N–H and O–H groups in total. The van der Waals surface area contributed by atoms with E-state index in [1.807, 2.05) is 18.2 Å². The average Bonchev–Trinajstić information content (AvgIpc) is 3.15. The number of hydrogen-bond donors (Lipinski definition) is 1. The molecule has 2 fully saturated rings. The van der Waals surface area contributed by atoms with Crippen LogP contribution in [0.4, 0.5) is 5.69 Å². The van der Waals surface area contributed by atoms with Crippen LogP contribution in [0.1, 0.15) is 29.6 Å². The largest absolute Gasteiger partial charge is 0.497 e. The molecule has 2 aromatic rings. The van der Waals surface area contributed by atoms with Crippen molar-refractivity contribution in [3.63, 3.8) is 0 Å². The second-order valence-electron chi connectivity index (χ2n) is 7.52. The highest BCUT2D eigenvalue weighted by atomic mass is 35.5. The number of pyridine rings is 1. The summed E-state index contributed by atoms with van der Waals surface area (Å²) in [5, 5.41) is 3.17. The molecule has 164 valence electrons. The SMILES string of the molecule is COc1cccc(N2CC(NC(=O)c3cnc(OC4CCOCC4)c(Cl)c3)CC2=O)c1. The first-order valence-electron chi connectivity index (χ1n) is 10.2. The molecule has 1 aromatic heterocycles.